The van der Waals surface area contributed by atoms with Crippen molar-refractivity contribution in [2.75, 3.05) is 6.54 Å². The molecule has 1 aromatic heterocycles. The number of amides is 1. The molecule has 0 fully saturated rings. The van der Waals surface area contributed by atoms with E-state index in [4.69, 9.17) is 5.11 Å². The van der Waals surface area contributed by atoms with E-state index in [0.29, 0.717) is 18.2 Å². The Kier molecular flexibility index (Phi) is 5.48. The SMILES string of the molecule is Cc1nc(C(=O)NCCCC(C)C)ccc1C(=O)O. The van der Waals surface area contributed by atoms with Gasteiger partial charge in [0.1, 0.15) is 5.69 Å². The number of nitrogens with one attached hydrogen (secondary N) is 1. The molecule has 0 aliphatic heterocycles. The minimum absolute atomic E-state index is 0.122. The molecule has 0 saturated carbocycles. The number of hydrogen-bond donors (Lipinski definition) is 2. The summed E-state index contributed by atoms with van der Waals surface area (Å²) in [5.41, 5.74) is 0.728. The smallest absolute Gasteiger partial charge is 0.337 e. The highest BCUT2D eigenvalue weighted by molar-refractivity contribution is 5.94. The Labute approximate surface area is 113 Å². The third-order valence-electron chi connectivity index (χ3n) is 2.79. The van der Waals surface area contributed by atoms with Crippen molar-refractivity contribution in [2.24, 2.45) is 5.92 Å². The number of aryl methyl sites for hydroxylation is 1. The molecule has 0 aliphatic rings. The Morgan fingerprint density at radius 3 is 2.58 bits per heavy atom. The van der Waals surface area contributed by atoms with Crippen molar-refractivity contribution in [1.82, 2.24) is 10.3 Å². The monoisotopic (exact) mass is 264 g/mol. The van der Waals surface area contributed by atoms with Crippen LogP contribution in [0.4, 0.5) is 0 Å². The summed E-state index contributed by atoms with van der Waals surface area (Å²) in [7, 11) is 0. The molecular weight excluding hydrogens is 244 g/mol. The maximum absolute atomic E-state index is 11.8. The van der Waals surface area contributed by atoms with Crippen molar-refractivity contribution in [3.8, 4) is 0 Å². The Morgan fingerprint density at radius 1 is 1.37 bits per heavy atom. The average molecular weight is 264 g/mol. The van der Waals surface area contributed by atoms with Crippen LogP contribution < -0.4 is 5.32 Å². The van der Waals surface area contributed by atoms with E-state index in [-0.39, 0.29) is 17.2 Å². The molecule has 0 bridgehead atoms. The van der Waals surface area contributed by atoms with Gasteiger partial charge < -0.3 is 10.4 Å². The van der Waals surface area contributed by atoms with E-state index in [1.807, 2.05) is 0 Å². The fourth-order valence-electron chi connectivity index (χ4n) is 1.72. The van der Waals surface area contributed by atoms with Gasteiger partial charge in [0.05, 0.1) is 11.3 Å². The molecule has 2 N–H and O–H groups in total. The number of carboxylic acid groups (broad SMARTS) is 1. The Bertz CT molecular complexity index is 470. The summed E-state index contributed by atoms with van der Waals surface area (Å²) >= 11 is 0. The molecular formula is C14H20N2O3. The number of hydrogen-bond acceptors (Lipinski definition) is 3. The van der Waals surface area contributed by atoms with Crippen molar-refractivity contribution in [1.29, 1.82) is 0 Å². The average Bonchev–Trinajstić information content (AvgIpc) is 2.33. The molecule has 0 radical (unpaired) electrons. The number of pyridine rings is 1. The van der Waals surface area contributed by atoms with Crippen LogP contribution in [0.15, 0.2) is 12.1 Å². The third-order valence-corrected chi connectivity index (χ3v) is 2.79. The largest absolute Gasteiger partial charge is 0.478 e. The highest BCUT2D eigenvalue weighted by atomic mass is 16.4. The van der Waals surface area contributed by atoms with Crippen molar-refractivity contribution in [3.05, 3.63) is 29.1 Å². The number of aromatic carboxylic acids is 1. The van der Waals surface area contributed by atoms with Gasteiger partial charge in [0.25, 0.3) is 5.91 Å². The Morgan fingerprint density at radius 2 is 2.05 bits per heavy atom. The van der Waals surface area contributed by atoms with Crippen LogP contribution in [0.25, 0.3) is 0 Å². The normalized spacial score (nSPS) is 10.5. The summed E-state index contributed by atoms with van der Waals surface area (Å²) in [6.07, 6.45) is 1.99. The first-order valence-electron chi connectivity index (χ1n) is 6.41. The lowest BCUT2D eigenvalue weighted by Crippen LogP contribution is -2.26. The Balaban J connectivity index is 2.58. The van der Waals surface area contributed by atoms with E-state index in [9.17, 15) is 9.59 Å². The zero-order valence-electron chi connectivity index (χ0n) is 11.6. The van der Waals surface area contributed by atoms with Gasteiger partial charge in [0.2, 0.25) is 0 Å². The number of carbonyl (C=O) groups excluding carboxylic acids is 1. The summed E-state index contributed by atoms with van der Waals surface area (Å²) in [6.45, 7) is 6.46. The van der Waals surface area contributed by atoms with Gasteiger partial charge in [0, 0.05) is 6.54 Å². The van der Waals surface area contributed by atoms with Gasteiger partial charge >= 0.3 is 5.97 Å². The predicted molar refractivity (Wildman–Crippen MR) is 72.3 cm³/mol. The van der Waals surface area contributed by atoms with Crippen LogP contribution in [-0.4, -0.2) is 28.5 Å². The number of aromatic nitrogens is 1. The van der Waals surface area contributed by atoms with Gasteiger partial charge in [-0.1, -0.05) is 13.8 Å². The van der Waals surface area contributed by atoms with E-state index in [1.165, 1.54) is 12.1 Å². The topological polar surface area (TPSA) is 79.3 Å². The molecule has 0 aromatic carbocycles. The molecule has 104 valence electrons. The number of rotatable bonds is 6. The van der Waals surface area contributed by atoms with Crippen molar-refractivity contribution < 1.29 is 14.7 Å². The number of nitrogens with zero attached hydrogens (tertiary/aromatic N) is 1. The maximum atomic E-state index is 11.8. The first-order chi connectivity index (χ1) is 8.91. The van der Waals surface area contributed by atoms with E-state index < -0.39 is 5.97 Å². The summed E-state index contributed by atoms with van der Waals surface area (Å²) in [5, 5.41) is 11.7. The van der Waals surface area contributed by atoms with Gasteiger partial charge in [-0.05, 0) is 37.8 Å². The fourth-order valence-corrected chi connectivity index (χ4v) is 1.72. The first-order valence-corrected chi connectivity index (χ1v) is 6.41. The highest BCUT2D eigenvalue weighted by Gasteiger charge is 2.12. The number of carbonyl (C=O) groups is 2. The van der Waals surface area contributed by atoms with Gasteiger partial charge in [-0.15, -0.1) is 0 Å². The molecule has 1 aromatic rings. The summed E-state index contributed by atoms with van der Waals surface area (Å²) < 4.78 is 0. The number of carboxylic acids is 1. The van der Waals surface area contributed by atoms with Crippen LogP contribution in [0.3, 0.4) is 0 Å². The van der Waals surface area contributed by atoms with Crippen molar-refractivity contribution in [2.45, 2.75) is 33.6 Å². The van der Waals surface area contributed by atoms with E-state index in [0.717, 1.165) is 12.8 Å². The van der Waals surface area contributed by atoms with Crippen LogP contribution in [0, 0.1) is 12.8 Å². The highest BCUT2D eigenvalue weighted by Crippen LogP contribution is 2.07. The van der Waals surface area contributed by atoms with Gasteiger partial charge in [-0.25, -0.2) is 9.78 Å². The van der Waals surface area contributed by atoms with Crippen LogP contribution in [0.1, 0.15) is 53.2 Å². The van der Waals surface area contributed by atoms with Crippen LogP contribution in [0.2, 0.25) is 0 Å². The zero-order valence-corrected chi connectivity index (χ0v) is 11.6. The lowest BCUT2D eigenvalue weighted by Gasteiger charge is -2.07. The Hall–Kier alpha value is -1.91. The van der Waals surface area contributed by atoms with Gasteiger partial charge in [-0.2, -0.15) is 0 Å². The quantitative estimate of drug-likeness (QED) is 0.772. The standard InChI is InChI=1S/C14H20N2O3/c1-9(2)5-4-8-15-13(17)12-7-6-11(14(18)19)10(3)16-12/h6-7,9H,4-5,8H2,1-3H3,(H,15,17)(H,18,19). The third kappa shape index (κ3) is 4.69. The summed E-state index contributed by atoms with van der Waals surface area (Å²) in [6, 6.07) is 2.85. The van der Waals surface area contributed by atoms with Crippen molar-refractivity contribution in [3.63, 3.8) is 0 Å². The molecule has 0 unspecified atom stereocenters. The molecule has 5 nitrogen and oxygen atoms in total. The second-order valence-corrected chi connectivity index (χ2v) is 4.93. The van der Waals surface area contributed by atoms with E-state index in [1.54, 1.807) is 6.92 Å². The van der Waals surface area contributed by atoms with Gasteiger partial charge in [0.15, 0.2) is 0 Å². The minimum atomic E-state index is -1.03. The summed E-state index contributed by atoms with van der Waals surface area (Å²) in [5.74, 6) is -0.676. The van der Waals surface area contributed by atoms with Crippen LogP contribution in [0.5, 0.6) is 0 Å². The van der Waals surface area contributed by atoms with E-state index >= 15 is 0 Å². The minimum Gasteiger partial charge on any atom is -0.478 e. The van der Waals surface area contributed by atoms with Gasteiger partial charge in [-0.3, -0.25) is 4.79 Å². The second kappa shape index (κ2) is 6.87. The molecule has 1 heterocycles. The molecule has 0 atom stereocenters. The first kappa shape index (κ1) is 15.1. The fraction of sp³-hybridized carbons (Fsp3) is 0.500. The molecule has 0 saturated heterocycles. The molecule has 19 heavy (non-hydrogen) atoms. The second-order valence-electron chi connectivity index (χ2n) is 4.93. The molecule has 0 spiro atoms. The maximum Gasteiger partial charge on any atom is 0.337 e. The van der Waals surface area contributed by atoms with Crippen molar-refractivity contribution >= 4 is 11.9 Å². The summed E-state index contributed by atoms with van der Waals surface area (Å²) in [4.78, 5) is 26.7. The van der Waals surface area contributed by atoms with Crippen LogP contribution in [-0.2, 0) is 0 Å². The molecule has 5 heteroatoms. The zero-order chi connectivity index (χ0) is 14.4. The molecule has 0 aliphatic carbocycles. The van der Waals surface area contributed by atoms with Crippen LogP contribution >= 0.6 is 0 Å². The molecule has 1 amide bonds. The lowest BCUT2D eigenvalue weighted by atomic mass is 10.1. The predicted octanol–water partition coefficient (Wildman–Crippen LogP) is 2.25. The lowest BCUT2D eigenvalue weighted by molar-refractivity contribution is 0.0694. The van der Waals surface area contributed by atoms with E-state index in [2.05, 4.69) is 24.1 Å². The molecule has 1 rings (SSSR count).